The molecule has 1 N–H and O–H groups in total. The summed E-state index contributed by atoms with van der Waals surface area (Å²) in [7, 11) is 0. The van der Waals surface area contributed by atoms with Crippen molar-refractivity contribution < 1.29 is 14.3 Å². The number of carbonyl (C=O) groups excluding carboxylic acids is 2. The molecular weight excluding hydrogens is 364 g/mol. The van der Waals surface area contributed by atoms with Crippen LogP contribution < -0.4 is 10.2 Å². The minimum absolute atomic E-state index is 0.130. The van der Waals surface area contributed by atoms with E-state index in [1.165, 1.54) is 5.56 Å². The molecule has 2 aromatic rings. The second-order valence-electron chi connectivity index (χ2n) is 8.10. The van der Waals surface area contributed by atoms with E-state index in [1.807, 2.05) is 35.2 Å². The summed E-state index contributed by atoms with van der Waals surface area (Å²) in [5, 5.41) is 2.76. The van der Waals surface area contributed by atoms with Crippen LogP contribution in [-0.4, -0.2) is 24.6 Å². The van der Waals surface area contributed by atoms with Crippen LogP contribution in [0.15, 0.2) is 54.6 Å². The zero-order valence-electron chi connectivity index (χ0n) is 16.9. The van der Waals surface area contributed by atoms with E-state index in [9.17, 15) is 9.59 Å². The predicted octanol–water partition coefficient (Wildman–Crippen LogP) is 5.16. The summed E-state index contributed by atoms with van der Waals surface area (Å²) in [6, 6.07) is 17.6. The predicted molar refractivity (Wildman–Crippen MR) is 114 cm³/mol. The second kappa shape index (κ2) is 8.27. The highest BCUT2D eigenvalue weighted by atomic mass is 16.6. The Morgan fingerprint density at radius 2 is 1.76 bits per heavy atom. The maximum Gasteiger partial charge on any atom is 0.411 e. The van der Waals surface area contributed by atoms with E-state index >= 15 is 0 Å². The third kappa shape index (κ3) is 4.14. The first-order valence-electron chi connectivity index (χ1n) is 10.5. The summed E-state index contributed by atoms with van der Waals surface area (Å²) in [5.41, 5.74) is 2.70. The molecular formula is C24H28N2O3. The number of hydrogen-bond donors (Lipinski definition) is 1. The Morgan fingerprint density at radius 1 is 1.07 bits per heavy atom. The molecule has 0 unspecified atom stereocenters. The Morgan fingerprint density at radius 3 is 2.41 bits per heavy atom. The number of benzene rings is 2. The summed E-state index contributed by atoms with van der Waals surface area (Å²) < 4.78 is 5.60. The molecule has 0 radical (unpaired) electrons. The fourth-order valence-electron chi connectivity index (χ4n) is 4.52. The molecule has 0 atom stereocenters. The lowest BCUT2D eigenvalue weighted by molar-refractivity contribution is -0.128. The Labute approximate surface area is 172 Å². The van der Waals surface area contributed by atoms with E-state index in [0.717, 1.165) is 56.4 Å². The topological polar surface area (TPSA) is 58.6 Å². The van der Waals surface area contributed by atoms with E-state index in [-0.39, 0.29) is 17.4 Å². The fourth-order valence-corrected chi connectivity index (χ4v) is 4.52. The highest BCUT2D eigenvalue weighted by Gasteiger charge is 2.49. The van der Waals surface area contributed by atoms with E-state index < -0.39 is 6.09 Å². The molecule has 5 heteroatoms. The van der Waals surface area contributed by atoms with Gasteiger partial charge in [-0.1, -0.05) is 37.3 Å². The molecule has 1 spiro atoms. The lowest BCUT2D eigenvalue weighted by Gasteiger charge is -2.35. The molecule has 0 aromatic heterocycles. The molecule has 152 valence electrons. The number of aryl methyl sites for hydroxylation is 1. The molecule has 1 saturated carbocycles. The van der Waals surface area contributed by atoms with Crippen LogP contribution in [0.25, 0.3) is 0 Å². The lowest BCUT2D eigenvalue weighted by atomic mass is 9.72. The molecule has 1 saturated heterocycles. The maximum absolute atomic E-state index is 13.2. The average molecular weight is 392 g/mol. The van der Waals surface area contributed by atoms with Crippen molar-refractivity contribution in [3.8, 4) is 0 Å². The summed E-state index contributed by atoms with van der Waals surface area (Å²) in [6.45, 7) is 2.90. The Balaban J connectivity index is 1.32. The van der Waals surface area contributed by atoms with E-state index in [2.05, 4.69) is 36.5 Å². The number of nitrogens with zero attached hydrogens (tertiary/aromatic N) is 1. The van der Waals surface area contributed by atoms with Crippen LogP contribution in [0.2, 0.25) is 0 Å². The van der Waals surface area contributed by atoms with Gasteiger partial charge in [-0.15, -0.1) is 0 Å². The standard InChI is InChI=1S/C24H28N2O3/c1-2-18-8-10-20(11-9-18)26-17-16-24(22(26)27)14-12-21(13-15-24)29-23(28)25-19-6-4-3-5-7-19/h3-11,21H,2,12-17H2,1H3,(H,25,28)/t21-,24+. The van der Waals surface area contributed by atoms with Crippen LogP contribution in [-0.2, 0) is 16.0 Å². The van der Waals surface area contributed by atoms with Crippen LogP contribution in [0.1, 0.15) is 44.6 Å². The normalized spacial score (nSPS) is 24.0. The monoisotopic (exact) mass is 392 g/mol. The number of ether oxygens (including phenoxy) is 1. The Bertz CT molecular complexity index is 855. The highest BCUT2D eigenvalue weighted by molar-refractivity contribution is 6.00. The van der Waals surface area contributed by atoms with Crippen molar-refractivity contribution in [2.24, 2.45) is 5.41 Å². The number of para-hydroxylation sites is 1. The van der Waals surface area contributed by atoms with E-state index in [0.29, 0.717) is 0 Å². The average Bonchev–Trinajstić information content (AvgIpc) is 3.06. The molecule has 0 bridgehead atoms. The highest BCUT2D eigenvalue weighted by Crippen LogP contribution is 2.46. The number of hydrogen-bond acceptors (Lipinski definition) is 3. The smallest absolute Gasteiger partial charge is 0.411 e. The van der Waals surface area contributed by atoms with Gasteiger partial charge in [0.1, 0.15) is 6.10 Å². The quantitative estimate of drug-likeness (QED) is 0.781. The van der Waals surface area contributed by atoms with Crippen molar-refractivity contribution in [2.75, 3.05) is 16.8 Å². The maximum atomic E-state index is 13.2. The molecule has 4 rings (SSSR count). The van der Waals surface area contributed by atoms with Gasteiger partial charge in [0.2, 0.25) is 5.91 Å². The first kappa shape index (κ1) is 19.5. The molecule has 29 heavy (non-hydrogen) atoms. The minimum atomic E-state index is -0.424. The van der Waals surface area contributed by atoms with Crippen LogP contribution in [0.4, 0.5) is 16.2 Å². The van der Waals surface area contributed by atoms with Gasteiger partial charge in [0.05, 0.1) is 5.41 Å². The zero-order chi connectivity index (χ0) is 20.3. The number of carbonyl (C=O) groups is 2. The van der Waals surface area contributed by atoms with Gasteiger partial charge in [0.25, 0.3) is 0 Å². The summed E-state index contributed by atoms with van der Waals surface area (Å²) in [5.74, 6) is 0.230. The number of nitrogens with one attached hydrogen (secondary N) is 1. The largest absolute Gasteiger partial charge is 0.446 e. The summed E-state index contributed by atoms with van der Waals surface area (Å²) in [4.78, 5) is 27.3. The third-order valence-corrected chi connectivity index (χ3v) is 6.35. The first-order valence-corrected chi connectivity index (χ1v) is 10.5. The minimum Gasteiger partial charge on any atom is -0.446 e. The third-order valence-electron chi connectivity index (χ3n) is 6.35. The SMILES string of the molecule is CCc1ccc(N2CC[C@]3(CC[C@H](OC(=O)Nc4ccccc4)CC3)C2=O)cc1. The first-order chi connectivity index (χ1) is 14.1. The van der Waals surface area contributed by atoms with E-state index in [4.69, 9.17) is 4.74 Å². The number of amides is 2. The molecule has 2 aromatic carbocycles. The van der Waals surface area contributed by atoms with Crippen LogP contribution in [0.3, 0.4) is 0 Å². The molecule has 2 aliphatic rings. The summed E-state index contributed by atoms with van der Waals surface area (Å²) in [6.07, 6.45) is 4.34. The van der Waals surface area contributed by atoms with E-state index in [1.54, 1.807) is 0 Å². The van der Waals surface area contributed by atoms with Gasteiger partial charge in [0, 0.05) is 17.9 Å². The Hall–Kier alpha value is -2.82. The van der Waals surface area contributed by atoms with Gasteiger partial charge in [-0.2, -0.15) is 0 Å². The molecule has 1 aliphatic carbocycles. The van der Waals surface area contributed by atoms with Crippen molar-refractivity contribution in [1.82, 2.24) is 0 Å². The van der Waals surface area contributed by atoms with Crippen molar-refractivity contribution >= 4 is 23.4 Å². The van der Waals surface area contributed by atoms with Crippen molar-refractivity contribution in [3.05, 3.63) is 60.2 Å². The lowest BCUT2D eigenvalue weighted by Crippen LogP contribution is -2.39. The van der Waals surface area contributed by atoms with Gasteiger partial charge in [-0.05, 0) is 68.4 Å². The van der Waals surface area contributed by atoms with Gasteiger partial charge < -0.3 is 9.64 Å². The van der Waals surface area contributed by atoms with Gasteiger partial charge in [-0.3, -0.25) is 10.1 Å². The number of rotatable bonds is 4. The van der Waals surface area contributed by atoms with Crippen molar-refractivity contribution in [1.29, 1.82) is 0 Å². The van der Waals surface area contributed by atoms with Crippen molar-refractivity contribution in [3.63, 3.8) is 0 Å². The molecule has 5 nitrogen and oxygen atoms in total. The molecule has 1 heterocycles. The summed E-state index contributed by atoms with van der Waals surface area (Å²) >= 11 is 0. The van der Waals surface area contributed by atoms with Crippen LogP contribution in [0, 0.1) is 5.41 Å². The zero-order valence-corrected chi connectivity index (χ0v) is 16.9. The van der Waals surface area contributed by atoms with Crippen LogP contribution >= 0.6 is 0 Å². The molecule has 2 amide bonds. The fraction of sp³-hybridized carbons (Fsp3) is 0.417. The van der Waals surface area contributed by atoms with Crippen molar-refractivity contribution in [2.45, 2.75) is 51.6 Å². The molecule has 2 fully saturated rings. The second-order valence-corrected chi connectivity index (χ2v) is 8.10. The van der Waals surface area contributed by atoms with Gasteiger partial charge >= 0.3 is 6.09 Å². The Kier molecular flexibility index (Phi) is 5.56. The van der Waals surface area contributed by atoms with Crippen LogP contribution in [0.5, 0.6) is 0 Å². The number of anilines is 2. The molecule has 1 aliphatic heterocycles. The van der Waals surface area contributed by atoms with Gasteiger partial charge in [0.15, 0.2) is 0 Å². The van der Waals surface area contributed by atoms with Gasteiger partial charge in [-0.25, -0.2) is 4.79 Å².